The number of hydrogen-bond acceptors (Lipinski definition) is 1. The highest BCUT2D eigenvalue weighted by atomic mass is 19.4. The first-order valence-corrected chi connectivity index (χ1v) is 5.50. The summed E-state index contributed by atoms with van der Waals surface area (Å²) >= 11 is 0. The molecule has 1 rings (SSSR count). The van der Waals surface area contributed by atoms with Gasteiger partial charge >= 0.3 is 6.98 Å². The molecule has 0 saturated heterocycles. The van der Waals surface area contributed by atoms with E-state index in [1.807, 2.05) is 6.92 Å². The summed E-state index contributed by atoms with van der Waals surface area (Å²) in [5, 5.41) is 0. The molecule has 1 nitrogen and oxygen atoms in total. The minimum atomic E-state index is -5.12. The molecule has 96 valence electrons. The number of ether oxygens (including phenoxy) is 1. The largest absolute Gasteiger partial charge is 0.509 e. The lowest BCUT2D eigenvalue weighted by Crippen LogP contribution is -2.34. The highest BCUT2D eigenvalue weighted by Crippen LogP contribution is 2.20. The Morgan fingerprint density at radius 2 is 1.94 bits per heavy atom. The first-order valence-electron chi connectivity index (χ1n) is 5.50. The van der Waals surface area contributed by atoms with E-state index in [2.05, 4.69) is 0 Å². The van der Waals surface area contributed by atoms with Crippen molar-refractivity contribution in [3.63, 3.8) is 0 Å². The summed E-state index contributed by atoms with van der Waals surface area (Å²) in [5.41, 5.74) is -0.843. The van der Waals surface area contributed by atoms with E-state index >= 15 is 0 Å². The van der Waals surface area contributed by atoms with Crippen molar-refractivity contribution in [3.05, 3.63) is 24.0 Å². The van der Waals surface area contributed by atoms with Crippen LogP contribution in [0, 0.1) is 5.82 Å². The van der Waals surface area contributed by atoms with Gasteiger partial charge in [-0.1, -0.05) is 19.4 Å². The summed E-state index contributed by atoms with van der Waals surface area (Å²) in [5.74, 6) is -1.10. The molecule has 0 fully saturated rings. The minimum absolute atomic E-state index is 0.300. The van der Waals surface area contributed by atoms with Gasteiger partial charge in [0, 0.05) is 0 Å². The highest BCUT2D eigenvalue weighted by Gasteiger charge is 2.26. The van der Waals surface area contributed by atoms with Crippen molar-refractivity contribution in [2.45, 2.75) is 32.8 Å². The van der Waals surface area contributed by atoms with Crippen molar-refractivity contribution >= 4 is 12.4 Å². The SMILES string of the molecule is CCCC(C)Oc1cc([B-](F)(F)F)ccc1F. The summed E-state index contributed by atoms with van der Waals surface area (Å²) in [4.78, 5) is 0. The van der Waals surface area contributed by atoms with Crippen LogP contribution in [0.1, 0.15) is 26.7 Å². The molecule has 0 bridgehead atoms. The van der Waals surface area contributed by atoms with Gasteiger partial charge in [0.05, 0.1) is 6.10 Å². The van der Waals surface area contributed by atoms with Crippen LogP contribution in [0.2, 0.25) is 0 Å². The molecular weight excluding hydrogens is 235 g/mol. The molecule has 6 heteroatoms. The van der Waals surface area contributed by atoms with Gasteiger partial charge in [-0.05, 0) is 25.5 Å². The molecule has 0 N–H and O–H groups in total. The van der Waals surface area contributed by atoms with Gasteiger partial charge in [-0.3, -0.25) is 0 Å². The van der Waals surface area contributed by atoms with E-state index < -0.39 is 18.3 Å². The maximum atomic E-state index is 13.3. The molecule has 0 radical (unpaired) electrons. The van der Waals surface area contributed by atoms with Crippen LogP contribution >= 0.6 is 0 Å². The van der Waals surface area contributed by atoms with Crippen molar-refractivity contribution in [1.29, 1.82) is 0 Å². The van der Waals surface area contributed by atoms with Crippen LogP contribution in [0.25, 0.3) is 0 Å². The molecular formula is C11H14BF4O-. The molecule has 1 aromatic carbocycles. The molecule has 0 amide bonds. The van der Waals surface area contributed by atoms with E-state index in [0.717, 1.165) is 24.6 Å². The molecule has 1 atom stereocenters. The standard InChI is InChI=1S/C11H14BF4O/c1-3-4-8(2)17-11-7-9(12(14,15)16)5-6-10(11)13/h5-8H,3-4H2,1-2H3/q-1. The van der Waals surface area contributed by atoms with Crippen LogP contribution < -0.4 is 10.2 Å². The lowest BCUT2D eigenvalue weighted by molar-refractivity contribution is 0.201. The highest BCUT2D eigenvalue weighted by molar-refractivity contribution is 6.73. The van der Waals surface area contributed by atoms with E-state index in [-0.39, 0.29) is 11.9 Å². The fraction of sp³-hybridized carbons (Fsp3) is 0.455. The molecule has 0 aliphatic carbocycles. The normalized spacial score (nSPS) is 13.5. The summed E-state index contributed by atoms with van der Waals surface area (Å²) < 4.78 is 55.8. The third-order valence-electron chi connectivity index (χ3n) is 2.36. The Morgan fingerprint density at radius 3 is 2.47 bits per heavy atom. The number of benzene rings is 1. The second-order valence-corrected chi connectivity index (χ2v) is 3.98. The second kappa shape index (κ2) is 5.43. The first kappa shape index (κ1) is 13.9. The van der Waals surface area contributed by atoms with Gasteiger partial charge in [-0.2, -0.15) is 0 Å². The Kier molecular flexibility index (Phi) is 4.43. The van der Waals surface area contributed by atoms with Crippen LogP contribution in [0.4, 0.5) is 17.3 Å². The molecule has 0 spiro atoms. The Labute approximate surface area is 97.8 Å². The van der Waals surface area contributed by atoms with Crippen LogP contribution in [0.15, 0.2) is 18.2 Å². The molecule has 0 saturated carbocycles. The van der Waals surface area contributed by atoms with E-state index in [9.17, 15) is 17.3 Å². The Morgan fingerprint density at radius 1 is 1.29 bits per heavy atom. The Balaban J connectivity index is 2.91. The first-order chi connectivity index (χ1) is 7.84. The molecule has 0 heterocycles. The monoisotopic (exact) mass is 249 g/mol. The lowest BCUT2D eigenvalue weighted by Gasteiger charge is -2.19. The maximum absolute atomic E-state index is 13.3. The average Bonchev–Trinajstić information content (AvgIpc) is 2.20. The topological polar surface area (TPSA) is 9.23 Å². The van der Waals surface area contributed by atoms with Crippen molar-refractivity contribution in [3.8, 4) is 5.75 Å². The lowest BCUT2D eigenvalue weighted by atomic mass is 9.80. The van der Waals surface area contributed by atoms with Crippen molar-refractivity contribution in [2.24, 2.45) is 0 Å². The quantitative estimate of drug-likeness (QED) is 0.573. The smallest absolute Gasteiger partial charge is 0.488 e. The summed E-state index contributed by atoms with van der Waals surface area (Å²) in [6, 6.07) is 2.24. The van der Waals surface area contributed by atoms with Gasteiger partial charge in [0.25, 0.3) is 0 Å². The van der Waals surface area contributed by atoms with Gasteiger partial charge in [0.2, 0.25) is 0 Å². The van der Waals surface area contributed by atoms with Gasteiger partial charge < -0.3 is 17.7 Å². The molecule has 0 aromatic heterocycles. The third kappa shape index (κ3) is 3.95. The zero-order valence-electron chi connectivity index (χ0n) is 9.72. The number of hydrogen-bond donors (Lipinski definition) is 0. The predicted molar refractivity (Wildman–Crippen MR) is 60.1 cm³/mol. The molecule has 0 aliphatic heterocycles. The second-order valence-electron chi connectivity index (χ2n) is 3.98. The Hall–Kier alpha value is -1.20. The van der Waals surface area contributed by atoms with Crippen LogP contribution in [-0.2, 0) is 0 Å². The van der Waals surface area contributed by atoms with Gasteiger partial charge in [0.15, 0.2) is 11.6 Å². The molecule has 1 unspecified atom stereocenters. The van der Waals surface area contributed by atoms with E-state index in [1.165, 1.54) is 0 Å². The average molecular weight is 249 g/mol. The van der Waals surface area contributed by atoms with Gasteiger partial charge in [0.1, 0.15) is 0 Å². The van der Waals surface area contributed by atoms with Crippen molar-refractivity contribution in [1.82, 2.24) is 0 Å². The molecule has 17 heavy (non-hydrogen) atoms. The summed E-state index contributed by atoms with van der Waals surface area (Å²) in [7, 11) is 0. The van der Waals surface area contributed by atoms with Gasteiger partial charge in [-0.15, -0.1) is 5.46 Å². The zero-order chi connectivity index (χ0) is 13.1. The van der Waals surface area contributed by atoms with E-state index in [0.29, 0.717) is 6.42 Å². The number of rotatable bonds is 5. The van der Waals surface area contributed by atoms with Crippen molar-refractivity contribution < 1.29 is 22.1 Å². The fourth-order valence-electron chi connectivity index (χ4n) is 1.50. The van der Waals surface area contributed by atoms with Crippen LogP contribution in [0.3, 0.4) is 0 Å². The van der Waals surface area contributed by atoms with E-state index in [4.69, 9.17) is 4.74 Å². The minimum Gasteiger partial charge on any atom is -0.488 e. The summed E-state index contributed by atoms with van der Waals surface area (Å²) in [6.45, 7) is -1.50. The Bertz CT molecular complexity index is 378. The summed E-state index contributed by atoms with van der Waals surface area (Å²) in [6.07, 6.45) is 1.19. The van der Waals surface area contributed by atoms with Gasteiger partial charge in [-0.25, -0.2) is 4.39 Å². The maximum Gasteiger partial charge on any atom is 0.509 e. The van der Waals surface area contributed by atoms with E-state index in [1.54, 1.807) is 6.92 Å². The zero-order valence-corrected chi connectivity index (χ0v) is 9.72. The molecule has 0 aliphatic rings. The molecule has 1 aromatic rings. The van der Waals surface area contributed by atoms with Crippen LogP contribution in [-0.4, -0.2) is 13.1 Å². The fourth-order valence-corrected chi connectivity index (χ4v) is 1.50. The predicted octanol–water partition coefficient (Wildman–Crippen LogP) is 3.45. The van der Waals surface area contributed by atoms with Crippen LogP contribution in [0.5, 0.6) is 5.75 Å². The third-order valence-corrected chi connectivity index (χ3v) is 2.36. The van der Waals surface area contributed by atoms with Crippen molar-refractivity contribution in [2.75, 3.05) is 0 Å². The number of halogens is 4.